The number of hydrogen-bond donors (Lipinski definition) is 1. The number of methoxy groups -OCH3 is 1. The monoisotopic (exact) mass is 421 g/mol. The van der Waals surface area contributed by atoms with E-state index in [0.717, 1.165) is 11.3 Å². The van der Waals surface area contributed by atoms with Gasteiger partial charge in [0.1, 0.15) is 4.88 Å². The number of carbonyl (C=O) groups is 3. The van der Waals surface area contributed by atoms with E-state index in [2.05, 4.69) is 10.1 Å². The fourth-order valence-electron chi connectivity index (χ4n) is 2.88. The van der Waals surface area contributed by atoms with Crippen LogP contribution in [0.1, 0.15) is 25.8 Å². The molecular formula is C19H20ClN3O4S. The van der Waals surface area contributed by atoms with Gasteiger partial charge in [0.25, 0.3) is 5.91 Å². The molecule has 28 heavy (non-hydrogen) atoms. The summed E-state index contributed by atoms with van der Waals surface area (Å²) < 4.78 is 4.68. The molecule has 2 aromatic rings. The summed E-state index contributed by atoms with van der Waals surface area (Å²) in [4.78, 5) is 41.1. The highest BCUT2D eigenvalue weighted by atomic mass is 35.5. The van der Waals surface area contributed by atoms with E-state index >= 15 is 0 Å². The minimum atomic E-state index is -0.454. The number of nitrogens with zero attached hydrogens (tertiary/aromatic N) is 2. The van der Waals surface area contributed by atoms with Crippen molar-refractivity contribution >= 4 is 46.5 Å². The Labute approximate surface area is 171 Å². The molecule has 0 unspecified atom stereocenters. The molecule has 0 atom stereocenters. The van der Waals surface area contributed by atoms with Crippen molar-refractivity contribution in [3.05, 3.63) is 51.2 Å². The maximum atomic E-state index is 12.7. The van der Waals surface area contributed by atoms with Crippen LogP contribution in [-0.4, -0.2) is 61.0 Å². The third-order valence-electron chi connectivity index (χ3n) is 4.37. The Kier molecular flexibility index (Phi) is 6.53. The van der Waals surface area contributed by atoms with Gasteiger partial charge in [0, 0.05) is 36.9 Å². The summed E-state index contributed by atoms with van der Waals surface area (Å²) in [6.45, 7) is 1.97. The van der Waals surface area contributed by atoms with Gasteiger partial charge in [-0.1, -0.05) is 11.6 Å². The lowest BCUT2D eigenvalue weighted by Gasteiger charge is -2.22. The van der Waals surface area contributed by atoms with E-state index in [0.29, 0.717) is 53.1 Å². The molecule has 2 heterocycles. The Bertz CT molecular complexity index is 868. The van der Waals surface area contributed by atoms with Gasteiger partial charge in [-0.25, -0.2) is 9.59 Å². The molecule has 9 heteroatoms. The number of ether oxygens (including phenoxy) is 1. The van der Waals surface area contributed by atoms with Crippen molar-refractivity contribution < 1.29 is 19.1 Å². The number of esters is 1. The fourth-order valence-corrected chi connectivity index (χ4v) is 3.90. The normalized spacial score (nSPS) is 14.4. The molecule has 3 amide bonds. The van der Waals surface area contributed by atoms with Crippen LogP contribution in [0.25, 0.3) is 0 Å². The van der Waals surface area contributed by atoms with Gasteiger partial charge >= 0.3 is 12.0 Å². The molecule has 1 fully saturated rings. The van der Waals surface area contributed by atoms with Gasteiger partial charge in [0.15, 0.2) is 0 Å². The van der Waals surface area contributed by atoms with Crippen LogP contribution in [0.15, 0.2) is 36.4 Å². The molecule has 0 radical (unpaired) electrons. The van der Waals surface area contributed by atoms with Crippen LogP contribution in [-0.2, 0) is 4.74 Å². The maximum Gasteiger partial charge on any atom is 0.348 e. The van der Waals surface area contributed by atoms with Crippen LogP contribution in [0.3, 0.4) is 0 Å². The van der Waals surface area contributed by atoms with Gasteiger partial charge in [-0.05, 0) is 42.8 Å². The first kappa shape index (κ1) is 20.2. The van der Waals surface area contributed by atoms with Gasteiger partial charge in [-0.2, -0.15) is 0 Å². The molecule has 0 saturated carbocycles. The SMILES string of the molecule is COC(=O)c1ccc(C(=O)N2CCCN(C(=O)Nc3ccc(Cl)cc3)CC2)s1. The van der Waals surface area contributed by atoms with E-state index in [9.17, 15) is 14.4 Å². The molecule has 1 aromatic heterocycles. The molecule has 1 saturated heterocycles. The summed E-state index contributed by atoms with van der Waals surface area (Å²) >= 11 is 6.97. The lowest BCUT2D eigenvalue weighted by atomic mass is 10.3. The third kappa shape index (κ3) is 4.82. The van der Waals surface area contributed by atoms with Crippen molar-refractivity contribution in [2.24, 2.45) is 0 Å². The maximum absolute atomic E-state index is 12.7. The predicted molar refractivity (Wildman–Crippen MR) is 108 cm³/mol. The Morgan fingerprint density at radius 2 is 1.61 bits per heavy atom. The molecule has 0 bridgehead atoms. The second-order valence-corrected chi connectivity index (χ2v) is 7.75. The molecule has 0 aliphatic carbocycles. The number of halogens is 1. The Morgan fingerprint density at radius 1 is 0.964 bits per heavy atom. The van der Waals surface area contributed by atoms with Crippen molar-refractivity contribution in [1.29, 1.82) is 0 Å². The number of amides is 3. The number of rotatable bonds is 3. The highest BCUT2D eigenvalue weighted by Gasteiger charge is 2.24. The smallest absolute Gasteiger partial charge is 0.348 e. The predicted octanol–water partition coefficient (Wildman–Crippen LogP) is 3.57. The van der Waals surface area contributed by atoms with Crippen LogP contribution in [0.4, 0.5) is 10.5 Å². The first-order valence-corrected chi connectivity index (χ1v) is 9.96. The van der Waals surface area contributed by atoms with Crippen LogP contribution in [0.2, 0.25) is 5.02 Å². The molecular weight excluding hydrogens is 402 g/mol. The fraction of sp³-hybridized carbons (Fsp3) is 0.316. The summed E-state index contributed by atoms with van der Waals surface area (Å²) in [5.41, 5.74) is 0.667. The third-order valence-corrected chi connectivity index (χ3v) is 5.67. The second kappa shape index (κ2) is 9.07. The average Bonchev–Trinajstić information content (AvgIpc) is 3.06. The molecule has 3 rings (SSSR count). The van der Waals surface area contributed by atoms with Crippen LogP contribution < -0.4 is 5.32 Å². The van der Waals surface area contributed by atoms with Gasteiger partial charge in [-0.15, -0.1) is 11.3 Å². The minimum Gasteiger partial charge on any atom is -0.465 e. The number of hydrogen-bond acceptors (Lipinski definition) is 5. The minimum absolute atomic E-state index is 0.139. The second-order valence-electron chi connectivity index (χ2n) is 6.23. The lowest BCUT2D eigenvalue weighted by Crippen LogP contribution is -2.39. The quantitative estimate of drug-likeness (QED) is 0.768. The van der Waals surface area contributed by atoms with Gasteiger partial charge in [-0.3, -0.25) is 4.79 Å². The Balaban J connectivity index is 1.58. The topological polar surface area (TPSA) is 79.0 Å². The zero-order chi connectivity index (χ0) is 20.1. The van der Waals surface area contributed by atoms with E-state index in [4.69, 9.17) is 11.6 Å². The van der Waals surface area contributed by atoms with E-state index in [1.54, 1.807) is 46.2 Å². The Morgan fingerprint density at radius 3 is 2.32 bits per heavy atom. The number of nitrogens with one attached hydrogen (secondary N) is 1. The lowest BCUT2D eigenvalue weighted by molar-refractivity contribution is 0.0606. The first-order chi connectivity index (χ1) is 13.5. The van der Waals surface area contributed by atoms with Crippen LogP contribution in [0, 0.1) is 0 Å². The molecule has 148 valence electrons. The summed E-state index contributed by atoms with van der Waals surface area (Å²) in [5.74, 6) is -0.593. The Hall–Kier alpha value is -2.58. The van der Waals surface area contributed by atoms with Crippen molar-refractivity contribution in [2.75, 3.05) is 38.6 Å². The standard InChI is InChI=1S/C19H20ClN3O4S/c1-27-18(25)16-8-7-15(28-16)17(24)22-9-2-10-23(12-11-22)19(26)21-14-5-3-13(20)4-6-14/h3-8H,2,9-12H2,1H3,(H,21,26). The number of anilines is 1. The molecule has 1 aliphatic heterocycles. The van der Waals surface area contributed by atoms with E-state index < -0.39 is 5.97 Å². The molecule has 1 aliphatic rings. The number of benzene rings is 1. The molecule has 1 aromatic carbocycles. The highest BCUT2D eigenvalue weighted by molar-refractivity contribution is 7.15. The number of thiophene rings is 1. The van der Waals surface area contributed by atoms with Crippen LogP contribution in [0.5, 0.6) is 0 Å². The summed E-state index contributed by atoms with van der Waals surface area (Å²) in [6, 6.07) is 9.92. The summed E-state index contributed by atoms with van der Waals surface area (Å²) in [5, 5.41) is 3.44. The zero-order valence-electron chi connectivity index (χ0n) is 15.3. The first-order valence-electron chi connectivity index (χ1n) is 8.77. The summed E-state index contributed by atoms with van der Waals surface area (Å²) in [7, 11) is 1.31. The largest absolute Gasteiger partial charge is 0.465 e. The number of urea groups is 1. The van der Waals surface area contributed by atoms with Gasteiger partial charge < -0.3 is 19.9 Å². The average molecular weight is 422 g/mol. The zero-order valence-corrected chi connectivity index (χ0v) is 16.9. The molecule has 0 spiro atoms. The van der Waals surface area contributed by atoms with Crippen molar-refractivity contribution in [3.63, 3.8) is 0 Å². The van der Waals surface area contributed by atoms with E-state index in [1.165, 1.54) is 7.11 Å². The molecule has 7 nitrogen and oxygen atoms in total. The van der Waals surface area contributed by atoms with Gasteiger partial charge in [0.05, 0.1) is 12.0 Å². The van der Waals surface area contributed by atoms with Crippen molar-refractivity contribution in [2.45, 2.75) is 6.42 Å². The van der Waals surface area contributed by atoms with Crippen LogP contribution >= 0.6 is 22.9 Å². The highest BCUT2D eigenvalue weighted by Crippen LogP contribution is 2.20. The van der Waals surface area contributed by atoms with Crippen molar-refractivity contribution in [3.8, 4) is 0 Å². The number of carbonyl (C=O) groups excluding carboxylic acids is 3. The summed E-state index contributed by atoms with van der Waals surface area (Å²) in [6.07, 6.45) is 0.676. The van der Waals surface area contributed by atoms with E-state index in [1.807, 2.05) is 0 Å². The molecule has 1 N–H and O–H groups in total. The van der Waals surface area contributed by atoms with Crippen molar-refractivity contribution in [1.82, 2.24) is 9.80 Å². The van der Waals surface area contributed by atoms with Gasteiger partial charge in [0.2, 0.25) is 0 Å². The van der Waals surface area contributed by atoms with E-state index in [-0.39, 0.29) is 11.9 Å².